The van der Waals surface area contributed by atoms with Crippen LogP contribution >= 0.6 is 0 Å². The summed E-state index contributed by atoms with van der Waals surface area (Å²) in [7, 11) is 1.61. The topological polar surface area (TPSA) is 76.7 Å². The van der Waals surface area contributed by atoms with E-state index in [1.807, 2.05) is 45.0 Å². The molecule has 1 aliphatic rings. The molecular weight excluding hydrogens is 308 g/mol. The van der Waals surface area contributed by atoms with Gasteiger partial charge < -0.3 is 20.1 Å². The Bertz CT molecular complexity index is 578. The van der Waals surface area contributed by atoms with Crippen LogP contribution < -0.4 is 20.1 Å². The fourth-order valence-electron chi connectivity index (χ4n) is 2.38. The van der Waals surface area contributed by atoms with E-state index >= 15 is 0 Å². The molecule has 0 saturated heterocycles. The quantitative estimate of drug-likeness (QED) is 0.745. The molecule has 6 heteroatoms. The minimum atomic E-state index is -0.271. The van der Waals surface area contributed by atoms with Crippen LogP contribution in [0.5, 0.6) is 11.5 Å². The van der Waals surface area contributed by atoms with Crippen molar-refractivity contribution in [2.24, 2.45) is 11.8 Å². The van der Waals surface area contributed by atoms with Crippen LogP contribution in [-0.2, 0) is 9.59 Å². The van der Waals surface area contributed by atoms with Crippen molar-refractivity contribution in [2.75, 3.05) is 20.3 Å². The molecule has 1 aromatic rings. The number of carbonyl (C=O) groups is 2. The van der Waals surface area contributed by atoms with Crippen molar-refractivity contribution < 1.29 is 19.1 Å². The van der Waals surface area contributed by atoms with Crippen molar-refractivity contribution in [2.45, 2.75) is 32.7 Å². The van der Waals surface area contributed by atoms with E-state index in [1.165, 1.54) is 0 Å². The summed E-state index contributed by atoms with van der Waals surface area (Å²) in [4.78, 5) is 24.0. The van der Waals surface area contributed by atoms with Crippen LogP contribution in [0.3, 0.4) is 0 Å². The van der Waals surface area contributed by atoms with Crippen molar-refractivity contribution >= 4 is 11.8 Å². The summed E-state index contributed by atoms with van der Waals surface area (Å²) in [5, 5.41) is 5.73. The highest BCUT2D eigenvalue weighted by molar-refractivity contribution is 5.92. The number of benzene rings is 1. The largest absolute Gasteiger partial charge is 0.497 e. The lowest BCUT2D eigenvalue weighted by Gasteiger charge is -2.20. The molecule has 132 valence electrons. The number of hydrogen-bond donors (Lipinski definition) is 2. The van der Waals surface area contributed by atoms with Gasteiger partial charge in [0.05, 0.1) is 25.5 Å². The van der Waals surface area contributed by atoms with Gasteiger partial charge in [0.25, 0.3) is 0 Å². The summed E-state index contributed by atoms with van der Waals surface area (Å²) >= 11 is 0. The van der Waals surface area contributed by atoms with Gasteiger partial charge in [-0.1, -0.05) is 0 Å². The Hall–Kier alpha value is -2.24. The number of hydrogen-bond acceptors (Lipinski definition) is 4. The summed E-state index contributed by atoms with van der Waals surface area (Å²) in [5.41, 5.74) is -0.271. The van der Waals surface area contributed by atoms with Gasteiger partial charge in [-0.2, -0.15) is 0 Å². The summed E-state index contributed by atoms with van der Waals surface area (Å²) in [6.07, 6.45) is 0.618. The van der Waals surface area contributed by atoms with E-state index in [0.29, 0.717) is 19.6 Å². The van der Waals surface area contributed by atoms with E-state index in [-0.39, 0.29) is 29.2 Å². The van der Waals surface area contributed by atoms with Crippen LogP contribution in [0.25, 0.3) is 0 Å². The normalized spacial score (nSPS) is 19.3. The molecule has 6 nitrogen and oxygen atoms in total. The van der Waals surface area contributed by atoms with Gasteiger partial charge in [-0.3, -0.25) is 9.59 Å². The lowest BCUT2D eigenvalue weighted by Crippen LogP contribution is -2.42. The van der Waals surface area contributed by atoms with Crippen LogP contribution in [-0.4, -0.2) is 37.6 Å². The lowest BCUT2D eigenvalue weighted by atomic mass is 10.1. The molecule has 1 aromatic carbocycles. The summed E-state index contributed by atoms with van der Waals surface area (Å²) < 4.78 is 10.6. The number of nitrogens with one attached hydrogen (secondary N) is 2. The Morgan fingerprint density at radius 1 is 1.08 bits per heavy atom. The van der Waals surface area contributed by atoms with Crippen LogP contribution in [0.15, 0.2) is 24.3 Å². The minimum Gasteiger partial charge on any atom is -0.497 e. The van der Waals surface area contributed by atoms with Gasteiger partial charge in [0.1, 0.15) is 18.1 Å². The van der Waals surface area contributed by atoms with Crippen LogP contribution in [0.1, 0.15) is 27.2 Å². The predicted molar refractivity (Wildman–Crippen MR) is 91.0 cm³/mol. The second-order valence-corrected chi connectivity index (χ2v) is 7.00. The second-order valence-electron chi connectivity index (χ2n) is 7.00. The molecule has 0 aromatic heterocycles. The monoisotopic (exact) mass is 334 g/mol. The van der Waals surface area contributed by atoms with E-state index in [2.05, 4.69) is 10.6 Å². The highest BCUT2D eigenvalue weighted by Crippen LogP contribution is 2.39. The average Bonchev–Trinajstić information content (AvgIpc) is 3.31. The summed E-state index contributed by atoms with van der Waals surface area (Å²) in [5.74, 6) is 0.947. The molecule has 24 heavy (non-hydrogen) atoms. The summed E-state index contributed by atoms with van der Waals surface area (Å²) in [6, 6.07) is 7.26. The van der Waals surface area contributed by atoms with Crippen molar-refractivity contribution in [1.82, 2.24) is 10.6 Å². The van der Waals surface area contributed by atoms with Crippen LogP contribution in [0, 0.1) is 11.8 Å². The number of carbonyl (C=O) groups excluding carboxylic acids is 2. The minimum absolute atomic E-state index is 0.0443. The first kappa shape index (κ1) is 18.1. The van der Waals surface area contributed by atoms with Gasteiger partial charge in [-0.15, -0.1) is 0 Å². The van der Waals surface area contributed by atoms with E-state index in [9.17, 15) is 9.59 Å². The molecule has 2 rings (SSSR count). The molecule has 0 spiro atoms. The molecule has 0 aliphatic heterocycles. The van der Waals surface area contributed by atoms with Gasteiger partial charge in [0, 0.05) is 5.54 Å². The molecule has 0 bridgehead atoms. The standard InChI is InChI=1S/C18H26N2O4/c1-18(2,3)20-17(22)15-11-14(15)16(21)19-9-10-24-13-7-5-12(23-4)6-8-13/h5-8,14-15H,9-11H2,1-4H3,(H,19,21)(H,20,22). The van der Waals surface area contributed by atoms with E-state index in [1.54, 1.807) is 7.11 Å². The molecule has 0 heterocycles. The zero-order chi connectivity index (χ0) is 17.7. The lowest BCUT2D eigenvalue weighted by molar-refractivity contribution is -0.128. The van der Waals surface area contributed by atoms with E-state index < -0.39 is 0 Å². The van der Waals surface area contributed by atoms with Crippen molar-refractivity contribution in [3.05, 3.63) is 24.3 Å². The number of rotatable bonds is 7. The number of ether oxygens (including phenoxy) is 2. The molecule has 1 fully saturated rings. The third-order valence-corrected chi connectivity index (χ3v) is 3.69. The second kappa shape index (κ2) is 7.55. The van der Waals surface area contributed by atoms with E-state index in [4.69, 9.17) is 9.47 Å². The van der Waals surface area contributed by atoms with Crippen molar-refractivity contribution in [1.29, 1.82) is 0 Å². The van der Waals surface area contributed by atoms with Crippen LogP contribution in [0.2, 0.25) is 0 Å². The third-order valence-electron chi connectivity index (χ3n) is 3.69. The first-order valence-corrected chi connectivity index (χ1v) is 8.17. The molecule has 2 N–H and O–H groups in total. The first-order valence-electron chi connectivity index (χ1n) is 8.17. The fourth-order valence-corrected chi connectivity index (χ4v) is 2.38. The smallest absolute Gasteiger partial charge is 0.224 e. The zero-order valence-electron chi connectivity index (χ0n) is 14.7. The van der Waals surface area contributed by atoms with Crippen LogP contribution in [0.4, 0.5) is 0 Å². The Morgan fingerprint density at radius 3 is 2.25 bits per heavy atom. The Labute approximate surface area is 142 Å². The maximum Gasteiger partial charge on any atom is 0.224 e. The van der Waals surface area contributed by atoms with Gasteiger partial charge in [-0.05, 0) is 51.5 Å². The molecule has 0 radical (unpaired) electrons. The molecule has 1 aliphatic carbocycles. The fraction of sp³-hybridized carbons (Fsp3) is 0.556. The molecular formula is C18H26N2O4. The molecule has 1 saturated carbocycles. The molecule has 2 amide bonds. The number of amides is 2. The zero-order valence-corrected chi connectivity index (χ0v) is 14.7. The molecule has 2 atom stereocenters. The van der Waals surface area contributed by atoms with Gasteiger partial charge in [-0.25, -0.2) is 0 Å². The maximum atomic E-state index is 12.0. The Kier molecular flexibility index (Phi) is 5.70. The highest BCUT2D eigenvalue weighted by Gasteiger charge is 2.48. The first-order chi connectivity index (χ1) is 11.3. The third kappa shape index (κ3) is 5.44. The predicted octanol–water partition coefficient (Wildman–Crippen LogP) is 1.74. The van der Waals surface area contributed by atoms with Crippen molar-refractivity contribution in [3.8, 4) is 11.5 Å². The van der Waals surface area contributed by atoms with E-state index in [0.717, 1.165) is 11.5 Å². The van der Waals surface area contributed by atoms with Crippen molar-refractivity contribution in [3.63, 3.8) is 0 Å². The molecule has 2 unspecified atom stereocenters. The van der Waals surface area contributed by atoms with Gasteiger partial charge in [0.2, 0.25) is 11.8 Å². The summed E-state index contributed by atoms with van der Waals surface area (Å²) in [6.45, 7) is 6.58. The number of methoxy groups -OCH3 is 1. The van der Waals surface area contributed by atoms with Gasteiger partial charge in [0.15, 0.2) is 0 Å². The Morgan fingerprint density at radius 2 is 1.67 bits per heavy atom. The van der Waals surface area contributed by atoms with Gasteiger partial charge >= 0.3 is 0 Å². The average molecular weight is 334 g/mol. The SMILES string of the molecule is COc1ccc(OCCNC(=O)C2CC2C(=O)NC(C)(C)C)cc1. The maximum absolute atomic E-state index is 12.0. The highest BCUT2D eigenvalue weighted by atomic mass is 16.5. The Balaban J connectivity index is 1.64.